The van der Waals surface area contributed by atoms with Crippen LogP contribution in [0.2, 0.25) is 10.0 Å². The fourth-order valence-corrected chi connectivity index (χ4v) is 3.90. The van der Waals surface area contributed by atoms with Crippen LogP contribution in [-0.2, 0) is 33.4 Å². The molecule has 1 unspecified atom stereocenters. The molecule has 0 aromatic heterocycles. The number of nitrogens with one attached hydrogen (secondary N) is 1. The van der Waals surface area contributed by atoms with E-state index in [4.69, 9.17) is 23.2 Å². The summed E-state index contributed by atoms with van der Waals surface area (Å²) in [5.74, 6) is -3.26. The van der Waals surface area contributed by atoms with Crippen LogP contribution in [0.15, 0.2) is 42.5 Å². The fraction of sp³-hybridized carbons (Fsp3) is 0.348. The molecule has 0 spiro atoms. The third kappa shape index (κ3) is 6.48. The summed E-state index contributed by atoms with van der Waals surface area (Å²) in [6.45, 7) is 0.267. The van der Waals surface area contributed by atoms with Crippen LogP contribution >= 0.6 is 23.2 Å². The number of halogens is 5. The highest BCUT2D eigenvalue weighted by Crippen LogP contribution is 2.29. The van der Waals surface area contributed by atoms with Crippen molar-refractivity contribution < 1.29 is 27.6 Å². The fourth-order valence-electron chi connectivity index (χ4n) is 3.58. The molecule has 1 aliphatic rings. The van der Waals surface area contributed by atoms with Gasteiger partial charge < -0.3 is 10.2 Å². The number of hydrogen-bond donors (Lipinski definition) is 1. The van der Waals surface area contributed by atoms with Gasteiger partial charge in [-0.05, 0) is 48.6 Å². The molecule has 2 aromatic carbocycles. The number of aryl methyl sites for hydroxylation is 1. The molecule has 1 heterocycles. The maximum Gasteiger partial charge on any atom is 0.416 e. The van der Waals surface area contributed by atoms with Crippen LogP contribution in [0.4, 0.5) is 13.2 Å². The maximum atomic E-state index is 12.9. The van der Waals surface area contributed by atoms with Crippen LogP contribution < -0.4 is 5.32 Å². The second-order valence-corrected chi connectivity index (χ2v) is 8.57. The van der Waals surface area contributed by atoms with Crippen LogP contribution in [-0.4, -0.2) is 42.1 Å². The van der Waals surface area contributed by atoms with Gasteiger partial charge in [0.2, 0.25) is 11.7 Å². The Balaban J connectivity index is 1.48. The van der Waals surface area contributed by atoms with E-state index in [2.05, 4.69) is 5.32 Å². The second kappa shape index (κ2) is 10.6. The molecule has 0 saturated carbocycles. The standard InChI is InChI=1S/C23H21Cl2F3N2O3/c24-18-7-6-14(12-19(18)25)4-2-9-29-21(32)17-13-30(22(33)20(17)31)10-8-15-3-1-5-16(11-15)23(26,27)28/h1,3,5-7,11-12,17H,2,4,8-10,13H2,(H,29,32). The molecular weight excluding hydrogens is 480 g/mol. The molecule has 1 fully saturated rings. The third-order valence-electron chi connectivity index (χ3n) is 5.38. The van der Waals surface area contributed by atoms with Crippen molar-refractivity contribution in [2.45, 2.75) is 25.4 Å². The Morgan fingerprint density at radius 1 is 1.03 bits per heavy atom. The number of carbonyl (C=O) groups is 3. The van der Waals surface area contributed by atoms with E-state index in [9.17, 15) is 27.6 Å². The topological polar surface area (TPSA) is 66.5 Å². The number of amides is 2. The van der Waals surface area contributed by atoms with Crippen molar-refractivity contribution >= 4 is 40.8 Å². The minimum absolute atomic E-state index is 0.0486. The molecule has 5 nitrogen and oxygen atoms in total. The summed E-state index contributed by atoms with van der Waals surface area (Å²) in [5.41, 5.74) is 0.564. The number of nitrogens with zero attached hydrogens (tertiary/aromatic N) is 1. The van der Waals surface area contributed by atoms with Crippen LogP contribution in [0, 0.1) is 5.92 Å². The molecule has 176 valence electrons. The van der Waals surface area contributed by atoms with Crippen molar-refractivity contribution in [2.24, 2.45) is 5.92 Å². The van der Waals surface area contributed by atoms with Gasteiger partial charge in [0, 0.05) is 19.6 Å². The molecule has 2 amide bonds. The van der Waals surface area contributed by atoms with E-state index in [0.29, 0.717) is 35.0 Å². The van der Waals surface area contributed by atoms with E-state index in [-0.39, 0.29) is 19.5 Å². The lowest BCUT2D eigenvalue weighted by Gasteiger charge is -2.16. The van der Waals surface area contributed by atoms with Crippen molar-refractivity contribution in [3.63, 3.8) is 0 Å². The van der Waals surface area contributed by atoms with E-state index in [1.807, 2.05) is 6.07 Å². The van der Waals surface area contributed by atoms with Gasteiger partial charge in [-0.15, -0.1) is 0 Å². The number of likely N-dealkylation sites (tertiary alicyclic amines) is 1. The Labute approximate surface area is 198 Å². The average molecular weight is 501 g/mol. The lowest BCUT2D eigenvalue weighted by atomic mass is 10.1. The number of carbonyl (C=O) groups excluding carboxylic acids is 3. The van der Waals surface area contributed by atoms with Gasteiger partial charge in [0.15, 0.2) is 0 Å². The summed E-state index contributed by atoms with van der Waals surface area (Å²) in [6.07, 6.45) is -3.09. The van der Waals surface area contributed by atoms with Gasteiger partial charge in [-0.3, -0.25) is 14.4 Å². The Hall–Kier alpha value is -2.58. The van der Waals surface area contributed by atoms with Gasteiger partial charge in [-0.2, -0.15) is 13.2 Å². The minimum Gasteiger partial charge on any atom is -0.355 e. The predicted molar refractivity (Wildman–Crippen MR) is 118 cm³/mol. The summed E-state index contributed by atoms with van der Waals surface area (Å²) in [5, 5.41) is 3.56. The predicted octanol–water partition coefficient (Wildman–Crippen LogP) is 4.33. The number of Topliss-reactive ketones (excluding diaryl/α,β-unsaturated/α-hetero) is 1. The lowest BCUT2D eigenvalue weighted by Crippen LogP contribution is -2.36. The van der Waals surface area contributed by atoms with Crippen molar-refractivity contribution in [3.8, 4) is 0 Å². The zero-order valence-corrected chi connectivity index (χ0v) is 18.9. The molecule has 0 aliphatic carbocycles. The molecule has 1 aliphatic heterocycles. The molecular formula is C23H21Cl2F3N2O3. The van der Waals surface area contributed by atoms with Crippen LogP contribution in [0.5, 0.6) is 0 Å². The number of rotatable bonds is 8. The summed E-state index contributed by atoms with van der Waals surface area (Å²) < 4.78 is 38.6. The SMILES string of the molecule is O=C(NCCCc1ccc(Cl)c(Cl)c1)C1CN(CCc2cccc(C(F)(F)F)c2)C(=O)C1=O. The minimum atomic E-state index is -4.46. The lowest BCUT2D eigenvalue weighted by molar-refractivity contribution is -0.142. The van der Waals surface area contributed by atoms with E-state index in [0.717, 1.165) is 17.7 Å². The Morgan fingerprint density at radius 3 is 2.45 bits per heavy atom. The number of ketones is 1. The molecule has 33 heavy (non-hydrogen) atoms. The second-order valence-electron chi connectivity index (χ2n) is 7.76. The summed E-state index contributed by atoms with van der Waals surface area (Å²) in [6, 6.07) is 10.1. The number of hydrogen-bond acceptors (Lipinski definition) is 3. The van der Waals surface area contributed by atoms with Gasteiger partial charge in [0.05, 0.1) is 15.6 Å². The van der Waals surface area contributed by atoms with E-state index in [1.165, 1.54) is 17.0 Å². The first-order chi connectivity index (χ1) is 15.6. The zero-order chi connectivity index (χ0) is 24.2. The highest BCUT2D eigenvalue weighted by atomic mass is 35.5. The normalized spacial score (nSPS) is 16.4. The molecule has 0 bridgehead atoms. The monoisotopic (exact) mass is 500 g/mol. The Morgan fingerprint density at radius 2 is 1.76 bits per heavy atom. The average Bonchev–Trinajstić information content (AvgIpc) is 3.06. The zero-order valence-electron chi connectivity index (χ0n) is 17.4. The molecule has 10 heteroatoms. The van der Waals surface area contributed by atoms with E-state index < -0.39 is 35.3 Å². The van der Waals surface area contributed by atoms with Gasteiger partial charge in [0.25, 0.3) is 5.91 Å². The van der Waals surface area contributed by atoms with Crippen LogP contribution in [0.25, 0.3) is 0 Å². The molecule has 1 N–H and O–H groups in total. The van der Waals surface area contributed by atoms with Crippen molar-refractivity contribution in [3.05, 3.63) is 69.2 Å². The van der Waals surface area contributed by atoms with Crippen molar-refractivity contribution in [2.75, 3.05) is 19.6 Å². The van der Waals surface area contributed by atoms with Crippen LogP contribution in [0.3, 0.4) is 0 Å². The number of benzene rings is 2. The van der Waals surface area contributed by atoms with Gasteiger partial charge in [0.1, 0.15) is 5.92 Å². The smallest absolute Gasteiger partial charge is 0.355 e. The molecule has 0 radical (unpaired) electrons. The third-order valence-corrected chi connectivity index (χ3v) is 6.12. The summed E-state index contributed by atoms with van der Waals surface area (Å²) in [7, 11) is 0. The van der Waals surface area contributed by atoms with E-state index >= 15 is 0 Å². The first-order valence-electron chi connectivity index (χ1n) is 10.3. The molecule has 3 rings (SSSR count). The molecule has 1 saturated heterocycles. The quantitative estimate of drug-likeness (QED) is 0.333. The summed E-state index contributed by atoms with van der Waals surface area (Å²) >= 11 is 11.9. The highest BCUT2D eigenvalue weighted by Gasteiger charge is 2.42. The van der Waals surface area contributed by atoms with Gasteiger partial charge >= 0.3 is 6.18 Å². The highest BCUT2D eigenvalue weighted by molar-refractivity contribution is 6.42. The largest absolute Gasteiger partial charge is 0.416 e. The first-order valence-corrected chi connectivity index (χ1v) is 11.0. The van der Waals surface area contributed by atoms with Crippen LogP contribution in [0.1, 0.15) is 23.1 Å². The molecule has 2 aromatic rings. The Kier molecular flexibility index (Phi) is 8.02. The summed E-state index contributed by atoms with van der Waals surface area (Å²) in [4.78, 5) is 38.1. The van der Waals surface area contributed by atoms with Gasteiger partial charge in [-0.1, -0.05) is 47.5 Å². The van der Waals surface area contributed by atoms with E-state index in [1.54, 1.807) is 12.1 Å². The van der Waals surface area contributed by atoms with Crippen molar-refractivity contribution in [1.29, 1.82) is 0 Å². The number of alkyl halides is 3. The van der Waals surface area contributed by atoms with Crippen molar-refractivity contribution in [1.82, 2.24) is 10.2 Å². The first kappa shape index (κ1) is 25.1. The molecule has 1 atom stereocenters. The maximum absolute atomic E-state index is 12.9. The Bertz CT molecular complexity index is 1060. The van der Waals surface area contributed by atoms with Gasteiger partial charge in [-0.25, -0.2) is 0 Å².